The molecule has 1 aliphatic rings. The first-order valence-corrected chi connectivity index (χ1v) is 13.7. The molecule has 7 nitrogen and oxygen atoms in total. The smallest absolute Gasteiger partial charge is 0.186 e. The summed E-state index contributed by atoms with van der Waals surface area (Å²) in [5, 5.41) is 12.9. The molecule has 0 saturated carbocycles. The standard InChI is InChI=1S/C28H36N4O3S/c1-2-25-26(30-28(36-25)32-17-5-3-6-18-32)21-9-13-23(14-10-21)34-19-7-4-8-20-35-24-15-11-22(12-16-24)27(29)31-33/h9-16,33H,2-8,17-20H2,1H3,(H2,29,31). The number of unbranched alkanes of at least 4 members (excludes halogenated alkanes) is 2. The number of aryl methyl sites for hydroxylation is 1. The van der Waals surface area contributed by atoms with Gasteiger partial charge in [-0.05, 0) is 93.5 Å². The highest BCUT2D eigenvalue weighted by Crippen LogP contribution is 2.35. The number of hydrogen-bond donors (Lipinski definition) is 2. The number of anilines is 1. The maximum absolute atomic E-state index is 8.71. The molecule has 0 radical (unpaired) electrons. The molecule has 0 spiro atoms. The number of amidine groups is 1. The first-order valence-electron chi connectivity index (χ1n) is 12.9. The lowest BCUT2D eigenvalue weighted by Gasteiger charge is -2.25. The van der Waals surface area contributed by atoms with E-state index in [2.05, 4.69) is 41.2 Å². The molecule has 1 saturated heterocycles. The summed E-state index contributed by atoms with van der Waals surface area (Å²) in [5.74, 6) is 1.76. The molecule has 3 aromatic rings. The molecule has 1 fully saturated rings. The molecule has 0 atom stereocenters. The van der Waals surface area contributed by atoms with Gasteiger partial charge in [-0.2, -0.15) is 0 Å². The van der Waals surface area contributed by atoms with Crippen LogP contribution in [0.2, 0.25) is 0 Å². The van der Waals surface area contributed by atoms with Gasteiger partial charge >= 0.3 is 0 Å². The number of piperidine rings is 1. The third-order valence-electron chi connectivity index (χ3n) is 6.35. The van der Waals surface area contributed by atoms with Crippen LogP contribution in [0.5, 0.6) is 11.5 Å². The SMILES string of the molecule is CCc1sc(N2CCCCC2)nc1-c1ccc(OCCCCCOc2ccc(C(N)=NO)cc2)cc1. The van der Waals surface area contributed by atoms with Gasteiger partial charge in [0.25, 0.3) is 0 Å². The van der Waals surface area contributed by atoms with E-state index in [-0.39, 0.29) is 5.84 Å². The minimum absolute atomic E-state index is 0.0898. The predicted molar refractivity (Wildman–Crippen MR) is 147 cm³/mol. The van der Waals surface area contributed by atoms with Crippen molar-refractivity contribution in [2.45, 2.75) is 51.9 Å². The van der Waals surface area contributed by atoms with Gasteiger partial charge in [0.05, 0.1) is 18.9 Å². The maximum Gasteiger partial charge on any atom is 0.186 e. The van der Waals surface area contributed by atoms with Gasteiger partial charge in [-0.1, -0.05) is 12.1 Å². The largest absolute Gasteiger partial charge is 0.494 e. The van der Waals surface area contributed by atoms with E-state index in [0.717, 1.165) is 61.5 Å². The lowest BCUT2D eigenvalue weighted by molar-refractivity contribution is 0.279. The third-order valence-corrected chi connectivity index (χ3v) is 7.61. The number of oxime groups is 1. The van der Waals surface area contributed by atoms with Crippen molar-refractivity contribution < 1.29 is 14.7 Å². The zero-order valence-electron chi connectivity index (χ0n) is 21.0. The van der Waals surface area contributed by atoms with Crippen LogP contribution >= 0.6 is 11.3 Å². The number of ether oxygens (including phenoxy) is 2. The Morgan fingerprint density at radius 1 is 0.944 bits per heavy atom. The topological polar surface area (TPSA) is 93.2 Å². The Balaban J connectivity index is 1.18. The minimum Gasteiger partial charge on any atom is -0.494 e. The molecule has 4 rings (SSSR count). The summed E-state index contributed by atoms with van der Waals surface area (Å²) in [4.78, 5) is 8.81. The van der Waals surface area contributed by atoms with Gasteiger partial charge in [0.1, 0.15) is 11.5 Å². The summed E-state index contributed by atoms with van der Waals surface area (Å²) >= 11 is 1.84. The van der Waals surface area contributed by atoms with Crippen molar-refractivity contribution in [3.8, 4) is 22.8 Å². The van der Waals surface area contributed by atoms with E-state index < -0.39 is 0 Å². The van der Waals surface area contributed by atoms with Gasteiger partial charge in [-0.3, -0.25) is 0 Å². The fraction of sp³-hybridized carbons (Fsp3) is 0.429. The molecule has 1 aliphatic heterocycles. The lowest BCUT2D eigenvalue weighted by Crippen LogP contribution is -2.29. The number of nitrogens with zero attached hydrogens (tertiary/aromatic N) is 3. The molecule has 0 unspecified atom stereocenters. The number of aromatic nitrogens is 1. The van der Waals surface area contributed by atoms with E-state index in [1.54, 1.807) is 12.1 Å². The highest BCUT2D eigenvalue weighted by Gasteiger charge is 2.18. The molecule has 3 N–H and O–H groups in total. The van der Waals surface area contributed by atoms with E-state index in [1.807, 2.05) is 23.5 Å². The number of benzene rings is 2. The van der Waals surface area contributed by atoms with Crippen LogP contribution in [-0.4, -0.2) is 42.3 Å². The first kappa shape index (κ1) is 25.8. The quantitative estimate of drug-likeness (QED) is 0.101. The van der Waals surface area contributed by atoms with Crippen molar-refractivity contribution in [3.05, 3.63) is 59.0 Å². The van der Waals surface area contributed by atoms with Crippen molar-refractivity contribution in [1.29, 1.82) is 0 Å². The van der Waals surface area contributed by atoms with Crippen molar-refractivity contribution in [1.82, 2.24) is 4.98 Å². The van der Waals surface area contributed by atoms with Crippen LogP contribution in [0.4, 0.5) is 5.13 Å². The van der Waals surface area contributed by atoms with Gasteiger partial charge < -0.3 is 25.3 Å². The van der Waals surface area contributed by atoms with E-state index in [0.29, 0.717) is 18.8 Å². The van der Waals surface area contributed by atoms with Crippen molar-refractivity contribution in [3.63, 3.8) is 0 Å². The van der Waals surface area contributed by atoms with Crippen LogP contribution in [0.3, 0.4) is 0 Å². The highest BCUT2D eigenvalue weighted by atomic mass is 32.1. The first-order chi connectivity index (χ1) is 17.7. The molecule has 0 bridgehead atoms. The van der Waals surface area contributed by atoms with Crippen molar-refractivity contribution in [2.75, 3.05) is 31.2 Å². The second-order valence-electron chi connectivity index (χ2n) is 8.96. The summed E-state index contributed by atoms with van der Waals surface area (Å²) < 4.78 is 11.7. The van der Waals surface area contributed by atoms with Gasteiger partial charge in [0, 0.05) is 29.1 Å². The summed E-state index contributed by atoms with van der Waals surface area (Å²) in [7, 11) is 0. The summed E-state index contributed by atoms with van der Waals surface area (Å²) in [6, 6.07) is 15.5. The average molecular weight is 509 g/mol. The third kappa shape index (κ3) is 6.91. The van der Waals surface area contributed by atoms with Crippen LogP contribution in [-0.2, 0) is 6.42 Å². The fourth-order valence-corrected chi connectivity index (χ4v) is 5.35. The highest BCUT2D eigenvalue weighted by molar-refractivity contribution is 7.16. The number of rotatable bonds is 12. The average Bonchev–Trinajstić information content (AvgIpc) is 3.38. The molecule has 0 amide bonds. The molecule has 8 heteroatoms. The molecule has 2 aromatic carbocycles. The van der Waals surface area contributed by atoms with E-state index in [4.69, 9.17) is 25.4 Å². The molecular formula is C28H36N4O3S. The zero-order chi connectivity index (χ0) is 25.2. The van der Waals surface area contributed by atoms with E-state index in [9.17, 15) is 0 Å². The molecule has 36 heavy (non-hydrogen) atoms. The molecule has 192 valence electrons. The Labute approximate surface area is 217 Å². The maximum atomic E-state index is 8.71. The summed E-state index contributed by atoms with van der Waals surface area (Å²) in [6.45, 7) is 5.78. The van der Waals surface area contributed by atoms with Gasteiger partial charge in [0.2, 0.25) is 0 Å². The zero-order valence-corrected chi connectivity index (χ0v) is 21.8. The number of nitrogens with two attached hydrogens (primary N) is 1. The van der Waals surface area contributed by atoms with Crippen LogP contribution < -0.4 is 20.1 Å². The van der Waals surface area contributed by atoms with Crippen LogP contribution in [0, 0.1) is 0 Å². The van der Waals surface area contributed by atoms with Crippen molar-refractivity contribution in [2.24, 2.45) is 10.9 Å². The normalized spacial score (nSPS) is 14.1. The van der Waals surface area contributed by atoms with Crippen LogP contribution in [0.15, 0.2) is 53.7 Å². The minimum atomic E-state index is 0.0898. The van der Waals surface area contributed by atoms with Crippen molar-refractivity contribution >= 4 is 22.3 Å². The van der Waals surface area contributed by atoms with Gasteiger partial charge in [0.15, 0.2) is 11.0 Å². The van der Waals surface area contributed by atoms with Gasteiger partial charge in [-0.25, -0.2) is 4.98 Å². The molecule has 0 aliphatic carbocycles. The van der Waals surface area contributed by atoms with Crippen LogP contribution in [0.25, 0.3) is 11.3 Å². The Morgan fingerprint density at radius 2 is 1.56 bits per heavy atom. The van der Waals surface area contributed by atoms with E-state index >= 15 is 0 Å². The van der Waals surface area contributed by atoms with E-state index in [1.165, 1.54) is 29.3 Å². The predicted octanol–water partition coefficient (Wildman–Crippen LogP) is 6.09. The fourth-order valence-electron chi connectivity index (χ4n) is 4.27. The van der Waals surface area contributed by atoms with Gasteiger partial charge in [-0.15, -0.1) is 11.3 Å². The molecule has 2 heterocycles. The Bertz CT molecular complexity index is 1110. The number of hydrogen-bond acceptors (Lipinski definition) is 7. The summed E-state index contributed by atoms with van der Waals surface area (Å²) in [6.07, 6.45) is 7.81. The number of thiazole rings is 1. The summed E-state index contributed by atoms with van der Waals surface area (Å²) in [5.41, 5.74) is 8.51. The second-order valence-corrected chi connectivity index (χ2v) is 10.0. The van der Waals surface area contributed by atoms with Crippen LogP contribution in [0.1, 0.15) is 55.9 Å². The Kier molecular flexibility index (Phi) is 9.44. The lowest BCUT2D eigenvalue weighted by atomic mass is 10.1. The monoisotopic (exact) mass is 508 g/mol. The Morgan fingerprint density at radius 3 is 2.14 bits per heavy atom. The molecular weight excluding hydrogens is 472 g/mol. The molecule has 1 aromatic heterocycles. The second kappa shape index (κ2) is 13.2. The Hall–Kier alpha value is -3.26.